The van der Waals surface area contributed by atoms with E-state index in [9.17, 15) is 23.1 Å². The van der Waals surface area contributed by atoms with Crippen LogP contribution in [0.25, 0.3) is 17.2 Å². The molecule has 0 amide bonds. The number of benzene rings is 2. The Labute approximate surface area is 179 Å². The molecule has 0 saturated carbocycles. The second kappa shape index (κ2) is 9.76. The third-order valence-corrected chi connectivity index (χ3v) is 4.95. The van der Waals surface area contributed by atoms with Crippen LogP contribution in [0, 0.1) is 13.8 Å². The fourth-order valence-electron chi connectivity index (χ4n) is 3.39. The minimum Gasteiger partial charge on any atom is -0.496 e. The number of rotatable bonds is 8. The van der Waals surface area contributed by atoms with E-state index in [-0.39, 0.29) is 12.1 Å². The second-order valence-electron chi connectivity index (χ2n) is 7.11. The number of methoxy groups -OCH3 is 2. The van der Waals surface area contributed by atoms with Gasteiger partial charge in [-0.25, -0.2) is 4.79 Å². The number of anilines is 1. The Kier molecular flexibility index (Phi) is 7.60. The zero-order valence-electron chi connectivity index (χ0n) is 18.1. The molecule has 2 rings (SSSR count). The van der Waals surface area contributed by atoms with Crippen molar-refractivity contribution in [2.75, 3.05) is 26.1 Å². The molecule has 0 spiro atoms. The molecule has 2 aromatic rings. The molecule has 0 saturated heterocycles. The fourth-order valence-corrected chi connectivity index (χ4v) is 3.39. The van der Waals surface area contributed by atoms with Crippen LogP contribution in [0.1, 0.15) is 30.0 Å². The fraction of sp³-hybridized carbons (Fsp3) is 0.348. The molecule has 0 aliphatic rings. The molecule has 5 nitrogen and oxygen atoms in total. The Morgan fingerprint density at radius 2 is 1.65 bits per heavy atom. The average molecular weight is 437 g/mol. The van der Waals surface area contributed by atoms with Crippen molar-refractivity contribution < 1.29 is 32.5 Å². The van der Waals surface area contributed by atoms with Crippen LogP contribution in [0.4, 0.5) is 18.9 Å². The summed E-state index contributed by atoms with van der Waals surface area (Å²) in [6.07, 6.45) is -3.58. The number of ether oxygens (including phenoxy) is 2. The van der Waals surface area contributed by atoms with E-state index in [0.717, 1.165) is 16.7 Å². The maximum atomic E-state index is 12.3. The molecular weight excluding hydrogens is 411 g/mol. The van der Waals surface area contributed by atoms with Gasteiger partial charge in [0.25, 0.3) is 0 Å². The van der Waals surface area contributed by atoms with Crippen molar-refractivity contribution in [2.24, 2.45) is 0 Å². The first-order chi connectivity index (χ1) is 14.5. The molecule has 0 aromatic heterocycles. The Bertz CT molecular complexity index is 980. The largest absolute Gasteiger partial charge is 0.496 e. The number of carbonyl (C=O) groups is 1. The van der Waals surface area contributed by atoms with Gasteiger partial charge >= 0.3 is 12.1 Å². The van der Waals surface area contributed by atoms with Crippen LogP contribution in [0.5, 0.6) is 11.5 Å². The highest BCUT2D eigenvalue weighted by Gasteiger charge is 2.26. The SMILES string of the molecule is COc1c(C)c(-c2ccc(NCCC(F)(F)F)cc2)c(OC)c(C)c1/C=C(\C)C(=O)O. The Morgan fingerprint density at radius 1 is 1.06 bits per heavy atom. The molecule has 0 atom stereocenters. The van der Waals surface area contributed by atoms with Gasteiger partial charge in [-0.3, -0.25) is 0 Å². The van der Waals surface area contributed by atoms with Gasteiger partial charge in [0.2, 0.25) is 0 Å². The second-order valence-corrected chi connectivity index (χ2v) is 7.11. The lowest BCUT2D eigenvalue weighted by molar-refractivity contribution is -0.133. The van der Waals surface area contributed by atoms with Gasteiger partial charge in [0, 0.05) is 40.1 Å². The first kappa shape index (κ1) is 24.1. The van der Waals surface area contributed by atoms with Crippen LogP contribution >= 0.6 is 0 Å². The number of hydrogen-bond acceptors (Lipinski definition) is 4. The number of hydrogen-bond donors (Lipinski definition) is 2. The maximum Gasteiger partial charge on any atom is 0.390 e. The normalized spacial score (nSPS) is 11.9. The molecule has 2 aromatic carbocycles. The summed E-state index contributed by atoms with van der Waals surface area (Å²) >= 11 is 0. The molecule has 31 heavy (non-hydrogen) atoms. The first-order valence-corrected chi connectivity index (χ1v) is 9.58. The van der Waals surface area contributed by atoms with Crippen molar-refractivity contribution in [1.82, 2.24) is 0 Å². The van der Waals surface area contributed by atoms with Gasteiger partial charge in [0.15, 0.2) is 0 Å². The molecular formula is C23H26F3NO4. The lowest BCUT2D eigenvalue weighted by Crippen LogP contribution is -2.14. The maximum absolute atomic E-state index is 12.3. The Balaban J connectivity index is 2.51. The molecule has 2 N–H and O–H groups in total. The Morgan fingerprint density at radius 3 is 2.13 bits per heavy atom. The summed E-state index contributed by atoms with van der Waals surface area (Å²) in [4.78, 5) is 11.3. The highest BCUT2D eigenvalue weighted by atomic mass is 19.4. The number of alkyl halides is 3. The van der Waals surface area contributed by atoms with Crippen molar-refractivity contribution in [3.8, 4) is 22.6 Å². The van der Waals surface area contributed by atoms with Crippen LogP contribution in [0.2, 0.25) is 0 Å². The Hall–Kier alpha value is -3.16. The number of nitrogens with one attached hydrogen (secondary N) is 1. The highest BCUT2D eigenvalue weighted by Crippen LogP contribution is 2.44. The van der Waals surface area contributed by atoms with E-state index >= 15 is 0 Å². The van der Waals surface area contributed by atoms with Gasteiger partial charge in [-0.1, -0.05) is 12.1 Å². The van der Waals surface area contributed by atoms with Crippen molar-refractivity contribution in [2.45, 2.75) is 33.4 Å². The lowest BCUT2D eigenvalue weighted by atomic mass is 9.91. The molecule has 0 bridgehead atoms. The molecule has 0 radical (unpaired) electrons. The lowest BCUT2D eigenvalue weighted by Gasteiger charge is -2.21. The zero-order chi connectivity index (χ0) is 23.3. The van der Waals surface area contributed by atoms with Crippen molar-refractivity contribution in [3.63, 3.8) is 0 Å². The van der Waals surface area contributed by atoms with Gasteiger partial charge < -0.3 is 19.9 Å². The minimum absolute atomic E-state index is 0.157. The van der Waals surface area contributed by atoms with E-state index in [2.05, 4.69) is 5.32 Å². The third kappa shape index (κ3) is 5.71. The van der Waals surface area contributed by atoms with Crippen molar-refractivity contribution >= 4 is 17.7 Å². The van der Waals surface area contributed by atoms with E-state index < -0.39 is 18.6 Å². The van der Waals surface area contributed by atoms with Gasteiger partial charge in [-0.15, -0.1) is 0 Å². The smallest absolute Gasteiger partial charge is 0.390 e. The summed E-state index contributed by atoms with van der Waals surface area (Å²) < 4.78 is 48.3. The molecule has 0 fully saturated rings. The third-order valence-electron chi connectivity index (χ3n) is 4.95. The van der Waals surface area contributed by atoms with Gasteiger partial charge in [-0.2, -0.15) is 13.2 Å². The topological polar surface area (TPSA) is 67.8 Å². The first-order valence-electron chi connectivity index (χ1n) is 9.58. The summed E-state index contributed by atoms with van der Waals surface area (Å²) in [6.45, 7) is 4.96. The summed E-state index contributed by atoms with van der Waals surface area (Å²) in [5.41, 5.74) is 4.38. The van der Waals surface area contributed by atoms with Gasteiger partial charge in [0.05, 0.1) is 20.6 Å². The van der Waals surface area contributed by atoms with Crippen LogP contribution in [0.3, 0.4) is 0 Å². The van der Waals surface area contributed by atoms with Crippen LogP contribution in [-0.4, -0.2) is 38.0 Å². The van der Waals surface area contributed by atoms with Crippen LogP contribution < -0.4 is 14.8 Å². The van der Waals surface area contributed by atoms with Crippen molar-refractivity contribution in [3.05, 3.63) is 46.5 Å². The number of aliphatic carboxylic acids is 1. The van der Waals surface area contributed by atoms with Crippen LogP contribution in [-0.2, 0) is 4.79 Å². The van der Waals surface area contributed by atoms with Gasteiger partial charge in [-0.05, 0) is 44.5 Å². The summed E-state index contributed by atoms with van der Waals surface area (Å²) in [6, 6.07) is 6.99. The van der Waals surface area contributed by atoms with E-state index in [1.54, 1.807) is 30.3 Å². The predicted molar refractivity (Wildman–Crippen MR) is 115 cm³/mol. The van der Waals surface area contributed by atoms with Crippen LogP contribution in [0.15, 0.2) is 29.8 Å². The van der Waals surface area contributed by atoms with Gasteiger partial charge in [0.1, 0.15) is 11.5 Å². The monoisotopic (exact) mass is 437 g/mol. The predicted octanol–water partition coefficient (Wildman–Crippen LogP) is 5.84. The van der Waals surface area contributed by atoms with E-state index in [0.29, 0.717) is 28.3 Å². The van der Waals surface area contributed by atoms with E-state index in [1.807, 2.05) is 13.8 Å². The zero-order valence-corrected chi connectivity index (χ0v) is 18.1. The molecule has 0 heterocycles. The number of carboxylic acids is 1. The number of halogens is 3. The summed E-state index contributed by atoms with van der Waals surface area (Å²) in [5.74, 6) is 0.0672. The standard InChI is InChI=1S/C23H26F3NO4/c1-13(22(28)29)12-18-14(2)21(31-5)19(15(3)20(18)30-4)16-6-8-17(9-7-16)27-11-10-23(24,25)26/h6-9,12,27H,10-11H2,1-5H3,(H,28,29)/b13-12+. The molecule has 0 aliphatic carbocycles. The molecule has 0 unspecified atom stereocenters. The highest BCUT2D eigenvalue weighted by molar-refractivity contribution is 5.93. The summed E-state index contributed by atoms with van der Waals surface area (Å²) in [7, 11) is 3.04. The van der Waals surface area contributed by atoms with E-state index in [4.69, 9.17) is 9.47 Å². The quantitative estimate of drug-likeness (QED) is 0.508. The van der Waals surface area contributed by atoms with E-state index in [1.165, 1.54) is 21.1 Å². The summed E-state index contributed by atoms with van der Waals surface area (Å²) in [5, 5.41) is 12.0. The molecule has 168 valence electrons. The number of carboxylic acid groups (broad SMARTS) is 1. The molecule has 0 aliphatic heterocycles. The van der Waals surface area contributed by atoms with Crippen molar-refractivity contribution in [1.29, 1.82) is 0 Å². The average Bonchev–Trinajstić information content (AvgIpc) is 2.70. The minimum atomic E-state index is -4.21. The molecule has 8 heteroatoms.